The second-order valence-electron chi connectivity index (χ2n) is 6.64. The lowest BCUT2D eigenvalue weighted by atomic mass is 9.95. The normalized spacial score (nSPS) is 13.4. The Morgan fingerprint density at radius 1 is 1.05 bits per heavy atom. The van der Waals surface area contributed by atoms with Crippen LogP contribution >= 0.6 is 0 Å². The van der Waals surface area contributed by atoms with Gasteiger partial charge in [-0.3, -0.25) is 0 Å². The summed E-state index contributed by atoms with van der Waals surface area (Å²) in [6.45, 7) is 9.98. The number of methoxy groups -OCH3 is 1. The highest BCUT2D eigenvalue weighted by Crippen LogP contribution is 2.24. The number of nitrogens with one attached hydrogen (secondary N) is 1. The Morgan fingerprint density at radius 3 is 2.35 bits per heavy atom. The number of fused-ring (bicyclic) bond motifs is 1. The molecule has 0 amide bonds. The summed E-state index contributed by atoms with van der Waals surface area (Å²) < 4.78 is 5.26. The zero-order valence-electron chi connectivity index (χ0n) is 13.2. The molecule has 2 rings (SSSR count). The van der Waals surface area contributed by atoms with Gasteiger partial charge in [0.15, 0.2) is 0 Å². The molecule has 0 spiro atoms. The van der Waals surface area contributed by atoms with Gasteiger partial charge in [-0.05, 0) is 46.9 Å². The molecule has 2 heteroatoms. The maximum Gasteiger partial charge on any atom is 0.119 e. The van der Waals surface area contributed by atoms with E-state index in [4.69, 9.17) is 4.74 Å². The third kappa shape index (κ3) is 3.73. The van der Waals surface area contributed by atoms with E-state index in [0.717, 1.165) is 12.3 Å². The third-order valence-corrected chi connectivity index (χ3v) is 3.51. The molecule has 0 bridgehead atoms. The van der Waals surface area contributed by atoms with Gasteiger partial charge in [0.25, 0.3) is 0 Å². The first-order chi connectivity index (χ1) is 9.39. The van der Waals surface area contributed by atoms with Gasteiger partial charge in [0.2, 0.25) is 0 Å². The van der Waals surface area contributed by atoms with Crippen LogP contribution in [0.15, 0.2) is 36.4 Å². The monoisotopic (exact) mass is 271 g/mol. The standard InChI is InChI=1S/C18H25NO/c1-13(19-12-18(2,3)4)14-6-7-16-11-17(20-5)9-8-15(16)10-14/h6-11,13,19H,12H2,1-5H3. The Labute approximate surface area is 122 Å². The van der Waals surface area contributed by atoms with E-state index in [1.807, 2.05) is 6.07 Å². The van der Waals surface area contributed by atoms with E-state index in [1.165, 1.54) is 16.3 Å². The minimum absolute atomic E-state index is 0.304. The van der Waals surface area contributed by atoms with Gasteiger partial charge < -0.3 is 10.1 Å². The maximum absolute atomic E-state index is 5.26. The molecule has 2 aromatic rings. The Kier molecular flexibility index (Phi) is 4.34. The van der Waals surface area contributed by atoms with Crippen molar-refractivity contribution in [2.45, 2.75) is 33.7 Å². The van der Waals surface area contributed by atoms with Crippen LogP contribution in [0.2, 0.25) is 0 Å². The van der Waals surface area contributed by atoms with Gasteiger partial charge in [-0.25, -0.2) is 0 Å². The average molecular weight is 271 g/mol. The quantitative estimate of drug-likeness (QED) is 0.881. The van der Waals surface area contributed by atoms with Gasteiger partial charge in [-0.2, -0.15) is 0 Å². The van der Waals surface area contributed by atoms with Crippen molar-refractivity contribution >= 4 is 10.8 Å². The maximum atomic E-state index is 5.26. The Hall–Kier alpha value is -1.54. The van der Waals surface area contributed by atoms with E-state index >= 15 is 0 Å². The van der Waals surface area contributed by atoms with Crippen molar-refractivity contribution in [1.29, 1.82) is 0 Å². The summed E-state index contributed by atoms with van der Waals surface area (Å²) in [6.07, 6.45) is 0. The highest BCUT2D eigenvalue weighted by atomic mass is 16.5. The smallest absolute Gasteiger partial charge is 0.119 e. The SMILES string of the molecule is COc1ccc2cc(C(C)NCC(C)(C)C)ccc2c1. The molecular weight excluding hydrogens is 246 g/mol. The molecule has 2 nitrogen and oxygen atoms in total. The second kappa shape index (κ2) is 5.84. The number of benzene rings is 2. The number of hydrogen-bond acceptors (Lipinski definition) is 2. The first kappa shape index (κ1) is 14.9. The first-order valence-electron chi connectivity index (χ1n) is 7.20. The van der Waals surface area contributed by atoms with Gasteiger partial charge >= 0.3 is 0 Å². The summed E-state index contributed by atoms with van der Waals surface area (Å²) in [5.41, 5.74) is 1.63. The van der Waals surface area contributed by atoms with Crippen molar-refractivity contribution < 1.29 is 4.74 Å². The lowest BCUT2D eigenvalue weighted by molar-refractivity contribution is 0.359. The fraction of sp³-hybridized carbons (Fsp3) is 0.444. The summed E-state index contributed by atoms with van der Waals surface area (Å²) in [5.74, 6) is 0.907. The molecule has 1 N–H and O–H groups in total. The van der Waals surface area contributed by atoms with Crippen molar-refractivity contribution in [3.05, 3.63) is 42.0 Å². The Balaban J connectivity index is 2.19. The minimum atomic E-state index is 0.304. The molecule has 0 aliphatic heterocycles. The molecule has 0 aliphatic carbocycles. The van der Waals surface area contributed by atoms with Crippen LogP contribution in [0.25, 0.3) is 10.8 Å². The molecule has 1 atom stereocenters. The van der Waals surface area contributed by atoms with Crippen LogP contribution in [0.4, 0.5) is 0 Å². The zero-order valence-corrected chi connectivity index (χ0v) is 13.2. The highest BCUT2D eigenvalue weighted by Gasteiger charge is 2.13. The Bertz CT molecular complexity index is 583. The summed E-state index contributed by atoms with van der Waals surface area (Å²) in [7, 11) is 1.70. The van der Waals surface area contributed by atoms with E-state index in [9.17, 15) is 0 Å². The number of ether oxygens (including phenoxy) is 1. The molecule has 2 aromatic carbocycles. The van der Waals surface area contributed by atoms with Crippen molar-refractivity contribution in [2.24, 2.45) is 5.41 Å². The predicted molar refractivity (Wildman–Crippen MR) is 86.4 cm³/mol. The summed E-state index contributed by atoms with van der Waals surface area (Å²) in [5, 5.41) is 6.08. The van der Waals surface area contributed by atoms with E-state index in [-0.39, 0.29) is 0 Å². The number of hydrogen-bond donors (Lipinski definition) is 1. The molecule has 0 aromatic heterocycles. The van der Waals surface area contributed by atoms with Crippen LogP contribution in [0, 0.1) is 5.41 Å². The summed E-state index contributed by atoms with van der Waals surface area (Å²) in [4.78, 5) is 0. The van der Waals surface area contributed by atoms with Crippen molar-refractivity contribution in [3.63, 3.8) is 0 Å². The highest BCUT2D eigenvalue weighted by molar-refractivity contribution is 5.84. The van der Waals surface area contributed by atoms with Crippen LogP contribution < -0.4 is 10.1 Å². The molecule has 0 saturated carbocycles. The van der Waals surface area contributed by atoms with Crippen LogP contribution in [-0.2, 0) is 0 Å². The molecule has 0 aliphatic rings. The predicted octanol–water partition coefficient (Wildman–Crippen LogP) is 4.55. The molecule has 0 radical (unpaired) electrons. The number of rotatable bonds is 4. The van der Waals surface area contributed by atoms with Gasteiger partial charge in [0, 0.05) is 12.6 Å². The minimum Gasteiger partial charge on any atom is -0.497 e. The second-order valence-corrected chi connectivity index (χ2v) is 6.64. The third-order valence-electron chi connectivity index (χ3n) is 3.51. The molecule has 108 valence electrons. The molecule has 20 heavy (non-hydrogen) atoms. The average Bonchev–Trinajstić information content (AvgIpc) is 2.42. The lowest BCUT2D eigenvalue weighted by Crippen LogP contribution is -2.29. The molecule has 0 saturated heterocycles. The van der Waals surface area contributed by atoms with Gasteiger partial charge in [-0.1, -0.05) is 39.0 Å². The van der Waals surface area contributed by atoms with E-state index in [0.29, 0.717) is 11.5 Å². The van der Waals surface area contributed by atoms with Crippen LogP contribution in [0.3, 0.4) is 0 Å². The van der Waals surface area contributed by atoms with E-state index in [2.05, 4.69) is 63.3 Å². The van der Waals surface area contributed by atoms with Crippen molar-refractivity contribution in [1.82, 2.24) is 5.32 Å². The molecule has 0 fully saturated rings. The largest absolute Gasteiger partial charge is 0.497 e. The lowest BCUT2D eigenvalue weighted by Gasteiger charge is -2.23. The van der Waals surface area contributed by atoms with Crippen molar-refractivity contribution in [3.8, 4) is 5.75 Å². The molecule has 1 unspecified atom stereocenters. The first-order valence-corrected chi connectivity index (χ1v) is 7.20. The topological polar surface area (TPSA) is 21.3 Å². The fourth-order valence-corrected chi connectivity index (χ4v) is 2.22. The van der Waals surface area contributed by atoms with E-state index in [1.54, 1.807) is 7.11 Å². The van der Waals surface area contributed by atoms with Gasteiger partial charge in [-0.15, -0.1) is 0 Å². The van der Waals surface area contributed by atoms with Gasteiger partial charge in [0.05, 0.1) is 7.11 Å². The van der Waals surface area contributed by atoms with Crippen LogP contribution in [0.1, 0.15) is 39.3 Å². The molecule has 0 heterocycles. The Morgan fingerprint density at radius 2 is 1.70 bits per heavy atom. The molecular formula is C18H25NO. The van der Waals surface area contributed by atoms with Crippen LogP contribution in [0.5, 0.6) is 5.75 Å². The van der Waals surface area contributed by atoms with Crippen LogP contribution in [-0.4, -0.2) is 13.7 Å². The summed E-state index contributed by atoms with van der Waals surface area (Å²) in [6, 6.07) is 13.2. The van der Waals surface area contributed by atoms with Gasteiger partial charge in [0.1, 0.15) is 5.75 Å². The summed E-state index contributed by atoms with van der Waals surface area (Å²) >= 11 is 0. The zero-order chi connectivity index (χ0) is 14.8. The van der Waals surface area contributed by atoms with Crippen molar-refractivity contribution in [2.75, 3.05) is 13.7 Å². The fourth-order valence-electron chi connectivity index (χ4n) is 2.22. The van der Waals surface area contributed by atoms with E-state index < -0.39 is 0 Å².